The lowest BCUT2D eigenvalue weighted by atomic mass is 10.1. The standard InChI is InChI=1S/C25H17Br2FN2O3S/c1-14-5-4-6-15(9-14)13-33-22-18(26)11-16(12-19(22)27)10-17-23(31)29-25(34)30(24(17)32)21-8-3-2-7-20(21)28/h2-12H,13H2,1H3,(H,29,31,34)/b17-10+. The first-order chi connectivity index (χ1) is 16.2. The average Bonchev–Trinajstić information content (AvgIpc) is 2.77. The zero-order valence-electron chi connectivity index (χ0n) is 17.8. The summed E-state index contributed by atoms with van der Waals surface area (Å²) in [6.07, 6.45) is 1.42. The van der Waals surface area contributed by atoms with Gasteiger partial charge in [0, 0.05) is 0 Å². The summed E-state index contributed by atoms with van der Waals surface area (Å²) in [6.45, 7) is 2.38. The Bertz CT molecular complexity index is 1340. The summed E-state index contributed by atoms with van der Waals surface area (Å²) in [4.78, 5) is 26.6. The molecule has 0 spiro atoms. The van der Waals surface area contributed by atoms with Crippen LogP contribution in [0.3, 0.4) is 0 Å². The highest BCUT2D eigenvalue weighted by atomic mass is 79.9. The van der Waals surface area contributed by atoms with Gasteiger partial charge in [-0.2, -0.15) is 0 Å². The van der Waals surface area contributed by atoms with E-state index in [1.807, 2.05) is 31.2 Å². The summed E-state index contributed by atoms with van der Waals surface area (Å²) in [6, 6.07) is 17.2. The summed E-state index contributed by atoms with van der Waals surface area (Å²) < 4.78 is 21.6. The Morgan fingerprint density at radius 1 is 1.06 bits per heavy atom. The molecule has 1 fully saturated rings. The molecule has 0 radical (unpaired) electrons. The molecule has 3 aromatic rings. The maximum atomic E-state index is 14.3. The molecule has 1 saturated heterocycles. The van der Waals surface area contributed by atoms with E-state index >= 15 is 0 Å². The van der Waals surface area contributed by atoms with Crippen LogP contribution in [0, 0.1) is 12.7 Å². The number of nitrogens with zero attached hydrogens (tertiary/aromatic N) is 1. The molecule has 172 valence electrons. The largest absolute Gasteiger partial charge is 0.487 e. The number of carbonyl (C=O) groups excluding carboxylic acids is 2. The normalized spacial score (nSPS) is 15.0. The van der Waals surface area contributed by atoms with Crippen molar-refractivity contribution in [1.82, 2.24) is 5.32 Å². The molecule has 4 rings (SSSR count). The minimum absolute atomic E-state index is 0.0364. The molecule has 0 atom stereocenters. The zero-order chi connectivity index (χ0) is 24.4. The number of carbonyl (C=O) groups is 2. The van der Waals surface area contributed by atoms with Crippen molar-refractivity contribution in [2.24, 2.45) is 0 Å². The summed E-state index contributed by atoms with van der Waals surface area (Å²) >= 11 is 12.1. The highest BCUT2D eigenvalue weighted by Crippen LogP contribution is 2.36. The SMILES string of the molecule is Cc1cccc(COc2c(Br)cc(/C=C3\C(=O)NC(=S)N(c4ccccc4F)C3=O)cc2Br)c1. The molecular weight excluding hydrogens is 587 g/mol. The molecule has 34 heavy (non-hydrogen) atoms. The monoisotopic (exact) mass is 602 g/mol. The number of halogens is 3. The lowest BCUT2D eigenvalue weighted by Crippen LogP contribution is -2.54. The minimum Gasteiger partial charge on any atom is -0.487 e. The van der Waals surface area contributed by atoms with Crippen molar-refractivity contribution in [3.8, 4) is 5.75 Å². The van der Waals surface area contributed by atoms with E-state index in [1.165, 1.54) is 24.3 Å². The number of amides is 2. The number of aryl methyl sites for hydroxylation is 1. The van der Waals surface area contributed by atoms with Gasteiger partial charge in [0.1, 0.15) is 23.7 Å². The van der Waals surface area contributed by atoms with Crippen molar-refractivity contribution in [3.05, 3.63) is 97.7 Å². The first kappa shape index (κ1) is 24.3. The van der Waals surface area contributed by atoms with E-state index in [0.717, 1.165) is 16.0 Å². The molecule has 1 N–H and O–H groups in total. The van der Waals surface area contributed by atoms with E-state index in [4.69, 9.17) is 17.0 Å². The Labute approximate surface area is 217 Å². The topological polar surface area (TPSA) is 58.6 Å². The van der Waals surface area contributed by atoms with Crippen LogP contribution in [-0.4, -0.2) is 16.9 Å². The second-order valence-electron chi connectivity index (χ2n) is 7.50. The Morgan fingerprint density at radius 3 is 2.44 bits per heavy atom. The smallest absolute Gasteiger partial charge is 0.270 e. The van der Waals surface area contributed by atoms with Gasteiger partial charge >= 0.3 is 0 Å². The Kier molecular flexibility index (Phi) is 7.25. The van der Waals surface area contributed by atoms with E-state index < -0.39 is 17.6 Å². The van der Waals surface area contributed by atoms with Crippen LogP contribution in [0.4, 0.5) is 10.1 Å². The maximum Gasteiger partial charge on any atom is 0.270 e. The van der Waals surface area contributed by atoms with E-state index in [2.05, 4.69) is 37.2 Å². The number of rotatable bonds is 5. The number of hydrogen-bond acceptors (Lipinski definition) is 4. The van der Waals surface area contributed by atoms with Gasteiger partial charge in [-0.3, -0.25) is 14.9 Å². The zero-order valence-corrected chi connectivity index (χ0v) is 21.8. The Hall–Kier alpha value is -2.88. The average molecular weight is 604 g/mol. The number of anilines is 1. The summed E-state index contributed by atoms with van der Waals surface area (Å²) in [7, 11) is 0. The van der Waals surface area contributed by atoms with Gasteiger partial charge in [-0.1, -0.05) is 42.0 Å². The first-order valence-corrected chi connectivity index (χ1v) is 12.1. The fourth-order valence-corrected chi connectivity index (χ4v) is 5.16. The van der Waals surface area contributed by atoms with Gasteiger partial charge in [0.25, 0.3) is 11.8 Å². The van der Waals surface area contributed by atoms with Gasteiger partial charge in [-0.05, 0) is 92.5 Å². The molecule has 2 amide bonds. The lowest BCUT2D eigenvalue weighted by Gasteiger charge is -2.29. The van der Waals surface area contributed by atoms with E-state index in [9.17, 15) is 14.0 Å². The number of benzene rings is 3. The summed E-state index contributed by atoms with van der Waals surface area (Å²) in [5.74, 6) is -1.42. The fourth-order valence-electron chi connectivity index (χ4n) is 3.43. The fraction of sp³-hybridized carbons (Fsp3) is 0.0800. The van der Waals surface area contributed by atoms with Gasteiger partial charge in [0.05, 0.1) is 14.6 Å². The Balaban J connectivity index is 1.62. The molecule has 0 saturated carbocycles. The molecule has 0 aromatic heterocycles. The van der Waals surface area contributed by atoms with Crippen LogP contribution in [0.2, 0.25) is 0 Å². The third kappa shape index (κ3) is 5.11. The molecule has 1 aliphatic rings. The molecule has 1 heterocycles. The van der Waals surface area contributed by atoms with Crippen LogP contribution in [0.1, 0.15) is 16.7 Å². The molecule has 0 unspecified atom stereocenters. The molecule has 5 nitrogen and oxygen atoms in total. The van der Waals surface area contributed by atoms with Gasteiger partial charge in [0.15, 0.2) is 5.11 Å². The van der Waals surface area contributed by atoms with Crippen LogP contribution >= 0.6 is 44.1 Å². The second kappa shape index (κ2) is 10.2. The van der Waals surface area contributed by atoms with E-state index in [-0.39, 0.29) is 16.4 Å². The van der Waals surface area contributed by atoms with Gasteiger partial charge in [0.2, 0.25) is 0 Å². The quantitative estimate of drug-likeness (QED) is 0.218. The molecule has 1 aliphatic heterocycles. The predicted molar refractivity (Wildman–Crippen MR) is 140 cm³/mol. The second-order valence-corrected chi connectivity index (χ2v) is 9.60. The van der Waals surface area contributed by atoms with E-state index in [0.29, 0.717) is 26.9 Å². The first-order valence-electron chi connectivity index (χ1n) is 10.1. The van der Waals surface area contributed by atoms with Crippen LogP contribution in [0.25, 0.3) is 6.08 Å². The third-order valence-corrected chi connectivity index (χ3v) is 6.46. The molecule has 0 bridgehead atoms. The number of para-hydroxylation sites is 1. The number of ether oxygens (including phenoxy) is 1. The van der Waals surface area contributed by atoms with Crippen molar-refractivity contribution >= 4 is 72.8 Å². The number of thiocarbonyl (C=S) groups is 1. The Morgan fingerprint density at radius 2 is 1.76 bits per heavy atom. The summed E-state index contributed by atoms with van der Waals surface area (Å²) in [5, 5.41) is 2.27. The summed E-state index contributed by atoms with van der Waals surface area (Å²) in [5.41, 5.74) is 2.51. The highest BCUT2D eigenvalue weighted by molar-refractivity contribution is 9.11. The van der Waals surface area contributed by atoms with E-state index in [1.54, 1.807) is 18.2 Å². The minimum atomic E-state index is -0.717. The van der Waals surface area contributed by atoms with Crippen LogP contribution in [-0.2, 0) is 16.2 Å². The van der Waals surface area contributed by atoms with Gasteiger partial charge < -0.3 is 4.74 Å². The third-order valence-electron chi connectivity index (χ3n) is 4.99. The van der Waals surface area contributed by atoms with Gasteiger partial charge in [-0.15, -0.1) is 0 Å². The molecular formula is C25H17Br2FN2O3S. The van der Waals surface area contributed by atoms with Crippen molar-refractivity contribution in [3.63, 3.8) is 0 Å². The maximum absolute atomic E-state index is 14.3. The molecule has 0 aliphatic carbocycles. The predicted octanol–water partition coefficient (Wildman–Crippen LogP) is 6.07. The van der Waals surface area contributed by atoms with Crippen molar-refractivity contribution in [1.29, 1.82) is 0 Å². The lowest BCUT2D eigenvalue weighted by molar-refractivity contribution is -0.122. The van der Waals surface area contributed by atoms with Crippen LogP contribution in [0.15, 0.2) is 75.2 Å². The van der Waals surface area contributed by atoms with Gasteiger partial charge in [-0.25, -0.2) is 9.29 Å². The van der Waals surface area contributed by atoms with Crippen molar-refractivity contribution < 1.29 is 18.7 Å². The van der Waals surface area contributed by atoms with Crippen LogP contribution in [0.5, 0.6) is 5.75 Å². The highest BCUT2D eigenvalue weighted by Gasteiger charge is 2.35. The van der Waals surface area contributed by atoms with Crippen molar-refractivity contribution in [2.75, 3.05) is 4.90 Å². The van der Waals surface area contributed by atoms with Crippen molar-refractivity contribution in [2.45, 2.75) is 13.5 Å². The molecule has 3 aromatic carbocycles. The molecule has 9 heteroatoms. The number of nitrogens with one attached hydrogen (secondary N) is 1. The van der Waals surface area contributed by atoms with Crippen LogP contribution < -0.4 is 15.0 Å². The number of hydrogen-bond donors (Lipinski definition) is 1.